The minimum absolute atomic E-state index is 0.337. The molecule has 0 amide bonds. The van der Waals surface area contributed by atoms with E-state index in [1.807, 2.05) is 0 Å². The molecule has 0 saturated carbocycles. The lowest BCUT2D eigenvalue weighted by Gasteiger charge is -1.93. The molecular formula is C7H8ClN3. The van der Waals surface area contributed by atoms with Gasteiger partial charge in [-0.15, -0.1) is 0 Å². The zero-order valence-corrected chi connectivity index (χ0v) is 6.65. The molecule has 0 unspecified atom stereocenters. The summed E-state index contributed by atoms with van der Waals surface area (Å²) >= 11 is 5.59. The van der Waals surface area contributed by atoms with Crippen LogP contribution in [0.2, 0.25) is 5.28 Å². The van der Waals surface area contributed by atoms with Crippen molar-refractivity contribution in [1.82, 2.24) is 9.97 Å². The molecule has 58 valence electrons. The van der Waals surface area contributed by atoms with Crippen molar-refractivity contribution in [2.75, 3.05) is 5.32 Å². The summed E-state index contributed by atoms with van der Waals surface area (Å²) in [4.78, 5) is 6.73. The molecule has 11 heavy (non-hydrogen) atoms. The third kappa shape index (κ3) is 1.62. The van der Waals surface area contributed by atoms with Gasteiger partial charge in [0.25, 0.3) is 0 Å². The van der Waals surface area contributed by atoms with E-state index in [0.29, 0.717) is 11.1 Å². The molecule has 0 fully saturated rings. The van der Waals surface area contributed by atoms with Crippen LogP contribution in [0.1, 0.15) is 5.69 Å². The van der Waals surface area contributed by atoms with Gasteiger partial charge in [0, 0.05) is 0 Å². The normalized spacial score (nSPS) is 9.18. The number of nitrogens with one attached hydrogen (secondary N) is 2. The Morgan fingerprint density at radius 1 is 1.55 bits per heavy atom. The van der Waals surface area contributed by atoms with Crippen LogP contribution in [0.15, 0.2) is 19.4 Å². The van der Waals surface area contributed by atoms with Crippen LogP contribution in [0.3, 0.4) is 0 Å². The number of hydrogen-bond acceptors (Lipinski definition) is 2. The van der Waals surface area contributed by atoms with Crippen LogP contribution in [0.4, 0.5) is 5.82 Å². The molecule has 0 aliphatic carbocycles. The SMILES string of the molecule is C=CNc1nc(Cl)[nH]c1C=C. The summed E-state index contributed by atoms with van der Waals surface area (Å²) in [6.07, 6.45) is 3.16. The van der Waals surface area contributed by atoms with Gasteiger partial charge in [0.05, 0.1) is 5.69 Å². The number of imidazole rings is 1. The number of halogens is 1. The topological polar surface area (TPSA) is 40.7 Å². The van der Waals surface area contributed by atoms with E-state index in [9.17, 15) is 0 Å². The summed E-state index contributed by atoms with van der Waals surface area (Å²) in [7, 11) is 0. The van der Waals surface area contributed by atoms with E-state index < -0.39 is 0 Å². The first-order valence-corrected chi connectivity index (χ1v) is 3.41. The van der Waals surface area contributed by atoms with E-state index >= 15 is 0 Å². The van der Waals surface area contributed by atoms with Gasteiger partial charge in [-0.2, -0.15) is 4.98 Å². The number of rotatable bonds is 3. The van der Waals surface area contributed by atoms with E-state index in [0.717, 1.165) is 5.69 Å². The van der Waals surface area contributed by atoms with Gasteiger partial charge in [-0.25, -0.2) is 0 Å². The smallest absolute Gasteiger partial charge is 0.202 e. The van der Waals surface area contributed by atoms with Gasteiger partial charge in [-0.3, -0.25) is 0 Å². The second-order valence-corrected chi connectivity index (χ2v) is 2.20. The fourth-order valence-corrected chi connectivity index (χ4v) is 0.897. The molecule has 0 atom stereocenters. The molecule has 0 aliphatic heterocycles. The maximum Gasteiger partial charge on any atom is 0.202 e. The summed E-state index contributed by atoms with van der Waals surface area (Å²) < 4.78 is 0. The number of nitrogens with zero attached hydrogens (tertiary/aromatic N) is 1. The number of anilines is 1. The van der Waals surface area contributed by atoms with Crippen molar-refractivity contribution in [3.8, 4) is 0 Å². The van der Waals surface area contributed by atoms with E-state index in [2.05, 4.69) is 28.4 Å². The molecule has 0 aliphatic rings. The third-order valence-electron chi connectivity index (χ3n) is 1.15. The quantitative estimate of drug-likeness (QED) is 0.729. The number of aromatic nitrogens is 2. The first kappa shape index (κ1) is 7.88. The molecule has 1 rings (SSSR count). The second kappa shape index (κ2) is 3.25. The van der Waals surface area contributed by atoms with E-state index in [1.165, 1.54) is 6.20 Å². The molecule has 0 bridgehead atoms. The van der Waals surface area contributed by atoms with Crippen molar-refractivity contribution >= 4 is 23.5 Å². The lowest BCUT2D eigenvalue weighted by Crippen LogP contribution is -1.87. The molecule has 0 spiro atoms. The average Bonchev–Trinajstić information content (AvgIpc) is 2.32. The van der Waals surface area contributed by atoms with E-state index in [1.54, 1.807) is 6.08 Å². The summed E-state index contributed by atoms with van der Waals surface area (Å²) in [5.74, 6) is 0.639. The fourth-order valence-electron chi connectivity index (χ4n) is 0.711. The Balaban J connectivity index is 3.00. The lowest BCUT2D eigenvalue weighted by atomic mass is 10.4. The monoisotopic (exact) mass is 169 g/mol. The molecule has 0 aromatic carbocycles. The summed E-state index contributed by atoms with van der Waals surface area (Å²) in [5.41, 5.74) is 0.759. The molecule has 2 N–H and O–H groups in total. The average molecular weight is 170 g/mol. The number of aromatic amines is 1. The highest BCUT2D eigenvalue weighted by molar-refractivity contribution is 6.28. The summed E-state index contributed by atoms with van der Waals surface area (Å²) in [6.45, 7) is 7.08. The molecule has 1 heterocycles. The van der Waals surface area contributed by atoms with Gasteiger partial charge in [0.15, 0.2) is 5.82 Å². The highest BCUT2D eigenvalue weighted by atomic mass is 35.5. The maximum atomic E-state index is 5.59. The first-order chi connectivity index (χ1) is 5.27. The summed E-state index contributed by atoms with van der Waals surface area (Å²) in [5, 5.41) is 3.15. The van der Waals surface area contributed by atoms with E-state index in [-0.39, 0.29) is 0 Å². The Morgan fingerprint density at radius 3 is 2.82 bits per heavy atom. The van der Waals surface area contributed by atoms with Gasteiger partial charge < -0.3 is 10.3 Å². The zero-order valence-electron chi connectivity index (χ0n) is 5.89. The van der Waals surface area contributed by atoms with Gasteiger partial charge in [-0.1, -0.05) is 13.2 Å². The third-order valence-corrected chi connectivity index (χ3v) is 1.32. The fraction of sp³-hybridized carbons (Fsp3) is 0. The Bertz CT molecular complexity index is 277. The lowest BCUT2D eigenvalue weighted by molar-refractivity contribution is 1.30. The highest BCUT2D eigenvalue weighted by Crippen LogP contribution is 2.15. The second-order valence-electron chi connectivity index (χ2n) is 1.84. The first-order valence-electron chi connectivity index (χ1n) is 3.03. The molecule has 0 saturated heterocycles. The van der Waals surface area contributed by atoms with Crippen LogP contribution < -0.4 is 5.32 Å². The van der Waals surface area contributed by atoms with Crippen molar-refractivity contribution in [2.45, 2.75) is 0 Å². The molecule has 3 nitrogen and oxygen atoms in total. The van der Waals surface area contributed by atoms with Crippen LogP contribution >= 0.6 is 11.6 Å². The maximum absolute atomic E-state index is 5.59. The Labute approximate surface area is 69.8 Å². The molecule has 4 heteroatoms. The standard InChI is InChI=1S/C7H8ClN3/c1-3-5-6(9-4-2)11-7(8)10-5/h3-4,9H,1-2H2,(H,10,11). The zero-order chi connectivity index (χ0) is 8.27. The van der Waals surface area contributed by atoms with Crippen molar-refractivity contribution in [2.24, 2.45) is 0 Å². The Morgan fingerprint density at radius 2 is 2.27 bits per heavy atom. The molecular weight excluding hydrogens is 162 g/mol. The van der Waals surface area contributed by atoms with Crippen LogP contribution in [-0.4, -0.2) is 9.97 Å². The molecule has 1 aromatic heterocycles. The van der Waals surface area contributed by atoms with Crippen molar-refractivity contribution < 1.29 is 0 Å². The van der Waals surface area contributed by atoms with E-state index in [4.69, 9.17) is 11.6 Å². The minimum Gasteiger partial charge on any atom is -0.345 e. The Hall–Kier alpha value is -1.22. The van der Waals surface area contributed by atoms with Gasteiger partial charge >= 0.3 is 0 Å². The number of hydrogen-bond donors (Lipinski definition) is 2. The van der Waals surface area contributed by atoms with Crippen molar-refractivity contribution in [1.29, 1.82) is 0 Å². The number of H-pyrrole nitrogens is 1. The molecule has 1 aromatic rings. The molecule has 0 radical (unpaired) electrons. The van der Waals surface area contributed by atoms with Gasteiger partial charge in [0.1, 0.15) is 0 Å². The van der Waals surface area contributed by atoms with Crippen molar-refractivity contribution in [3.05, 3.63) is 30.3 Å². The summed E-state index contributed by atoms with van der Waals surface area (Å²) in [6, 6.07) is 0. The van der Waals surface area contributed by atoms with Crippen LogP contribution in [0.5, 0.6) is 0 Å². The van der Waals surface area contributed by atoms with Crippen LogP contribution in [0, 0.1) is 0 Å². The van der Waals surface area contributed by atoms with Crippen molar-refractivity contribution in [3.63, 3.8) is 0 Å². The van der Waals surface area contributed by atoms with Gasteiger partial charge in [0.2, 0.25) is 5.28 Å². The largest absolute Gasteiger partial charge is 0.345 e. The highest BCUT2D eigenvalue weighted by Gasteiger charge is 2.02. The van der Waals surface area contributed by atoms with Crippen LogP contribution in [0.25, 0.3) is 6.08 Å². The minimum atomic E-state index is 0.337. The predicted molar refractivity (Wildman–Crippen MR) is 47.5 cm³/mol. The Kier molecular flexibility index (Phi) is 2.33. The predicted octanol–water partition coefficient (Wildman–Crippen LogP) is 2.26. The van der Waals surface area contributed by atoms with Gasteiger partial charge in [-0.05, 0) is 23.9 Å². The van der Waals surface area contributed by atoms with Crippen LogP contribution in [-0.2, 0) is 0 Å².